The number of rotatable bonds is 5. The van der Waals surface area contributed by atoms with Gasteiger partial charge in [-0.15, -0.1) is 0 Å². The van der Waals surface area contributed by atoms with Crippen molar-refractivity contribution in [1.82, 2.24) is 5.43 Å². The predicted octanol–water partition coefficient (Wildman–Crippen LogP) is 1.39. The van der Waals surface area contributed by atoms with Crippen molar-refractivity contribution in [3.63, 3.8) is 0 Å². The summed E-state index contributed by atoms with van der Waals surface area (Å²) < 4.78 is 10.5. The number of hydrogen-bond acceptors (Lipinski definition) is 7. The maximum atomic E-state index is 11.7. The molecule has 0 unspecified atom stereocenters. The van der Waals surface area contributed by atoms with Gasteiger partial charge in [-0.1, -0.05) is 0 Å². The number of carbonyl (C=O) groups excluding carboxylic acids is 1. The number of hydrazone groups is 1. The molecule has 0 spiro atoms. The topological polar surface area (TPSA) is 112 Å². The van der Waals surface area contributed by atoms with Crippen LogP contribution < -0.4 is 20.2 Å². The number of phenols is 2. The van der Waals surface area contributed by atoms with Gasteiger partial charge in [-0.05, 0) is 35.9 Å². The van der Waals surface area contributed by atoms with Crippen LogP contribution in [0.2, 0.25) is 0 Å². The van der Waals surface area contributed by atoms with Crippen LogP contribution in [0, 0.1) is 0 Å². The van der Waals surface area contributed by atoms with Crippen LogP contribution in [0.5, 0.6) is 23.0 Å². The van der Waals surface area contributed by atoms with E-state index >= 15 is 0 Å². The lowest BCUT2D eigenvalue weighted by Crippen LogP contribution is -2.25. The maximum Gasteiger partial charge on any atom is 0.259 e. The number of nitrogens with zero attached hydrogens (tertiary/aromatic N) is 1. The maximum absolute atomic E-state index is 11.7. The zero-order valence-corrected chi connectivity index (χ0v) is 12.5. The Balaban J connectivity index is 1.49. The number of fused-ring (bicyclic) bond motifs is 1. The molecule has 3 rings (SSSR count). The molecule has 0 radical (unpaired) electrons. The Bertz CT molecular complexity index is 791. The third-order valence-corrected chi connectivity index (χ3v) is 3.23. The number of ether oxygens (including phenoxy) is 2. The molecule has 4 N–H and O–H groups in total. The van der Waals surface area contributed by atoms with E-state index in [1.165, 1.54) is 18.3 Å². The molecule has 0 fully saturated rings. The van der Waals surface area contributed by atoms with E-state index in [4.69, 9.17) is 9.47 Å². The summed E-state index contributed by atoms with van der Waals surface area (Å²) in [4.78, 5) is 11.7. The van der Waals surface area contributed by atoms with E-state index in [1.54, 1.807) is 24.3 Å². The van der Waals surface area contributed by atoms with Crippen LogP contribution in [-0.4, -0.2) is 35.7 Å². The normalized spacial score (nSPS) is 12.3. The average Bonchev–Trinajstić information content (AvgIpc) is 3.04. The van der Waals surface area contributed by atoms with E-state index < -0.39 is 0 Å². The summed E-state index contributed by atoms with van der Waals surface area (Å²) >= 11 is 0. The van der Waals surface area contributed by atoms with Crippen molar-refractivity contribution >= 4 is 17.8 Å². The standard InChI is InChI=1S/C16H15N3O5/c20-12-3-1-10(5-13(12)21)7-18-19-16(22)8-17-11-2-4-14-15(6-11)24-9-23-14/h1-7,17,20-21H,8-9H2,(H,19,22)/b18-7+. The van der Waals surface area contributed by atoms with Gasteiger partial charge in [0.1, 0.15) is 0 Å². The molecule has 2 aromatic rings. The van der Waals surface area contributed by atoms with Crippen molar-refractivity contribution in [3.8, 4) is 23.0 Å². The summed E-state index contributed by atoms with van der Waals surface area (Å²) in [6.45, 7) is 0.221. The lowest BCUT2D eigenvalue weighted by atomic mass is 10.2. The number of anilines is 1. The highest BCUT2D eigenvalue weighted by Gasteiger charge is 2.13. The monoisotopic (exact) mass is 329 g/mol. The van der Waals surface area contributed by atoms with E-state index in [9.17, 15) is 15.0 Å². The van der Waals surface area contributed by atoms with Gasteiger partial charge in [-0.2, -0.15) is 5.10 Å². The second-order valence-electron chi connectivity index (χ2n) is 4.96. The zero-order chi connectivity index (χ0) is 16.9. The van der Waals surface area contributed by atoms with Crippen molar-refractivity contribution in [3.05, 3.63) is 42.0 Å². The lowest BCUT2D eigenvalue weighted by Gasteiger charge is -2.06. The van der Waals surface area contributed by atoms with Crippen LogP contribution in [0.25, 0.3) is 0 Å². The summed E-state index contributed by atoms with van der Waals surface area (Å²) in [6.07, 6.45) is 1.36. The first kappa shape index (κ1) is 15.5. The second kappa shape index (κ2) is 6.78. The predicted molar refractivity (Wildman–Crippen MR) is 86.6 cm³/mol. The van der Waals surface area contributed by atoms with Crippen molar-refractivity contribution in [1.29, 1.82) is 0 Å². The first-order chi connectivity index (χ1) is 11.6. The quantitative estimate of drug-likeness (QED) is 0.375. The Labute approximate surface area is 137 Å². The van der Waals surface area contributed by atoms with Gasteiger partial charge in [0.2, 0.25) is 6.79 Å². The Hall–Kier alpha value is -3.42. The highest BCUT2D eigenvalue weighted by molar-refractivity contribution is 5.84. The second-order valence-corrected chi connectivity index (χ2v) is 4.96. The summed E-state index contributed by atoms with van der Waals surface area (Å²) in [5, 5.41) is 25.3. The fraction of sp³-hybridized carbons (Fsp3) is 0.125. The summed E-state index contributed by atoms with van der Waals surface area (Å²) in [7, 11) is 0. The van der Waals surface area contributed by atoms with E-state index in [-0.39, 0.29) is 30.7 Å². The van der Waals surface area contributed by atoms with Crippen LogP contribution in [0.15, 0.2) is 41.5 Å². The minimum absolute atomic E-state index is 0.0256. The number of carbonyl (C=O) groups is 1. The molecule has 1 amide bonds. The van der Waals surface area contributed by atoms with Gasteiger partial charge in [0.15, 0.2) is 23.0 Å². The van der Waals surface area contributed by atoms with Gasteiger partial charge in [0, 0.05) is 11.8 Å². The fourth-order valence-electron chi connectivity index (χ4n) is 2.03. The third-order valence-electron chi connectivity index (χ3n) is 3.23. The lowest BCUT2D eigenvalue weighted by molar-refractivity contribution is -0.119. The highest BCUT2D eigenvalue weighted by Crippen LogP contribution is 2.34. The van der Waals surface area contributed by atoms with Crippen LogP contribution >= 0.6 is 0 Å². The van der Waals surface area contributed by atoms with Crippen molar-refractivity contribution in [2.45, 2.75) is 0 Å². The minimum atomic E-state index is -0.341. The number of benzene rings is 2. The Kier molecular flexibility index (Phi) is 4.37. The van der Waals surface area contributed by atoms with Gasteiger partial charge in [0.25, 0.3) is 5.91 Å². The molecule has 1 heterocycles. The minimum Gasteiger partial charge on any atom is -0.504 e. The Morgan fingerprint density at radius 3 is 2.79 bits per heavy atom. The molecule has 8 nitrogen and oxygen atoms in total. The van der Waals surface area contributed by atoms with Gasteiger partial charge < -0.3 is 25.0 Å². The summed E-state index contributed by atoms with van der Waals surface area (Å²) in [5.74, 6) is 0.489. The zero-order valence-electron chi connectivity index (χ0n) is 12.5. The third kappa shape index (κ3) is 3.67. The molecular formula is C16H15N3O5. The van der Waals surface area contributed by atoms with Crippen LogP contribution in [0.1, 0.15) is 5.56 Å². The van der Waals surface area contributed by atoms with Crippen molar-refractivity contribution < 1.29 is 24.5 Å². The Morgan fingerprint density at radius 1 is 1.12 bits per heavy atom. The van der Waals surface area contributed by atoms with E-state index in [1.807, 2.05) is 0 Å². The number of hydrogen-bond donors (Lipinski definition) is 4. The molecule has 124 valence electrons. The van der Waals surface area contributed by atoms with E-state index in [0.717, 1.165) is 5.69 Å². The number of amides is 1. The van der Waals surface area contributed by atoms with Crippen molar-refractivity contribution in [2.24, 2.45) is 5.10 Å². The molecule has 0 saturated carbocycles. The SMILES string of the molecule is O=C(CNc1ccc2c(c1)OCO2)N/N=C/c1ccc(O)c(O)c1. The van der Waals surface area contributed by atoms with Gasteiger partial charge in [0.05, 0.1) is 12.8 Å². The molecule has 24 heavy (non-hydrogen) atoms. The largest absolute Gasteiger partial charge is 0.504 e. The average molecular weight is 329 g/mol. The molecule has 2 aromatic carbocycles. The molecule has 1 aliphatic rings. The molecule has 0 aliphatic carbocycles. The summed E-state index contributed by atoms with van der Waals surface area (Å²) in [5.41, 5.74) is 3.62. The van der Waals surface area contributed by atoms with Gasteiger partial charge in [-0.25, -0.2) is 5.43 Å². The molecule has 0 atom stereocenters. The highest BCUT2D eigenvalue weighted by atomic mass is 16.7. The van der Waals surface area contributed by atoms with Crippen LogP contribution in [0.3, 0.4) is 0 Å². The van der Waals surface area contributed by atoms with Crippen LogP contribution in [0.4, 0.5) is 5.69 Å². The van der Waals surface area contributed by atoms with Gasteiger partial charge >= 0.3 is 0 Å². The molecule has 1 aliphatic heterocycles. The van der Waals surface area contributed by atoms with Crippen LogP contribution in [-0.2, 0) is 4.79 Å². The fourth-order valence-corrected chi connectivity index (χ4v) is 2.03. The first-order valence-electron chi connectivity index (χ1n) is 7.09. The molecule has 0 bridgehead atoms. The summed E-state index contributed by atoms with van der Waals surface area (Å²) in [6, 6.07) is 9.50. The van der Waals surface area contributed by atoms with E-state index in [0.29, 0.717) is 17.1 Å². The number of phenolic OH excluding ortho intramolecular Hbond substituents is 2. The smallest absolute Gasteiger partial charge is 0.259 e. The first-order valence-corrected chi connectivity index (χ1v) is 7.09. The number of nitrogens with one attached hydrogen (secondary N) is 2. The molecule has 0 saturated heterocycles. The Morgan fingerprint density at radius 2 is 1.96 bits per heavy atom. The van der Waals surface area contributed by atoms with Crippen molar-refractivity contribution in [2.75, 3.05) is 18.7 Å². The molecule has 0 aromatic heterocycles. The van der Waals surface area contributed by atoms with E-state index in [2.05, 4.69) is 15.8 Å². The number of aromatic hydroxyl groups is 2. The molecular weight excluding hydrogens is 314 g/mol. The molecule has 8 heteroatoms. The van der Waals surface area contributed by atoms with Gasteiger partial charge in [-0.3, -0.25) is 4.79 Å².